The number of nitrogens with zero attached hydrogens (tertiary/aromatic N) is 4. The lowest BCUT2D eigenvalue weighted by atomic mass is 9.48. The molecule has 0 N–H and O–H groups in total. The molecule has 0 saturated heterocycles. The van der Waals surface area contributed by atoms with Crippen LogP contribution in [0.3, 0.4) is 0 Å². The van der Waals surface area contributed by atoms with Gasteiger partial charge in [0.25, 0.3) is 0 Å². The van der Waals surface area contributed by atoms with Crippen LogP contribution in [0.15, 0.2) is 109 Å². The summed E-state index contributed by atoms with van der Waals surface area (Å²) < 4.78 is 0. The molecular formula is C51H48N4. The molecular weight excluding hydrogens is 669 g/mol. The molecule has 0 spiro atoms. The lowest BCUT2D eigenvalue weighted by molar-refractivity contribution is -0.00518. The van der Waals surface area contributed by atoms with Crippen LogP contribution in [0, 0.1) is 29.1 Å². The topological polar surface area (TPSA) is 62.5 Å². The Morgan fingerprint density at radius 3 is 1.56 bits per heavy atom. The van der Waals surface area contributed by atoms with Gasteiger partial charge in [-0.25, -0.2) is 15.0 Å². The summed E-state index contributed by atoms with van der Waals surface area (Å²) in [7, 11) is 0. The molecule has 6 aromatic rings. The third kappa shape index (κ3) is 5.74. The Hall–Kier alpha value is -5.40. The predicted molar refractivity (Wildman–Crippen MR) is 222 cm³/mol. The van der Waals surface area contributed by atoms with Crippen molar-refractivity contribution in [2.24, 2.45) is 17.8 Å². The van der Waals surface area contributed by atoms with Crippen molar-refractivity contribution in [3.63, 3.8) is 0 Å². The zero-order valence-electron chi connectivity index (χ0n) is 32.7. The van der Waals surface area contributed by atoms with Crippen LogP contribution in [0.5, 0.6) is 0 Å². The average molecular weight is 717 g/mol. The van der Waals surface area contributed by atoms with Crippen LogP contribution in [0.4, 0.5) is 0 Å². The SMILES string of the molecule is CC(C)(C)c1ccc(-c2nc(-c3ccc(-c4ccc5c(c4)-c4ccc(C#N)cc4C5(C)C)cc3)nc(-c3ccc(C45CC6CC(CC(C6)C4)C5)cc3)n2)cc1. The second-order valence-electron chi connectivity index (χ2n) is 18.7. The highest BCUT2D eigenvalue weighted by Gasteiger charge is 2.51. The molecule has 55 heavy (non-hydrogen) atoms. The Morgan fingerprint density at radius 1 is 0.545 bits per heavy atom. The Bertz CT molecular complexity index is 2470. The quantitative estimate of drug-likeness (QED) is 0.178. The highest BCUT2D eigenvalue weighted by molar-refractivity contribution is 5.85. The summed E-state index contributed by atoms with van der Waals surface area (Å²) in [5.74, 6) is 4.83. The van der Waals surface area contributed by atoms with E-state index in [0.29, 0.717) is 28.5 Å². The maximum Gasteiger partial charge on any atom is 0.164 e. The summed E-state index contributed by atoms with van der Waals surface area (Å²) in [6.45, 7) is 11.2. The Kier molecular flexibility index (Phi) is 7.63. The highest BCUT2D eigenvalue weighted by Crippen LogP contribution is 2.61. The molecule has 0 atom stereocenters. The van der Waals surface area contributed by atoms with Gasteiger partial charge in [-0.2, -0.15) is 5.26 Å². The summed E-state index contributed by atoms with van der Waals surface area (Å²) in [6, 6.07) is 41.8. The van der Waals surface area contributed by atoms with Crippen molar-refractivity contribution in [1.82, 2.24) is 15.0 Å². The van der Waals surface area contributed by atoms with Crippen LogP contribution < -0.4 is 0 Å². The molecule has 11 rings (SSSR count). The highest BCUT2D eigenvalue weighted by atomic mass is 15.0. The van der Waals surface area contributed by atoms with Crippen LogP contribution in [0.1, 0.15) is 101 Å². The molecule has 4 saturated carbocycles. The average Bonchev–Trinajstić information content (AvgIpc) is 3.41. The fourth-order valence-electron chi connectivity index (χ4n) is 11.1. The first-order valence-electron chi connectivity index (χ1n) is 20.2. The fourth-order valence-corrected chi connectivity index (χ4v) is 11.1. The summed E-state index contributed by atoms with van der Waals surface area (Å²) in [4.78, 5) is 15.3. The summed E-state index contributed by atoms with van der Waals surface area (Å²) >= 11 is 0. The number of aromatic nitrogens is 3. The predicted octanol–water partition coefficient (Wildman–Crippen LogP) is 12.5. The molecule has 5 aromatic carbocycles. The lowest BCUT2D eigenvalue weighted by Gasteiger charge is -2.57. The minimum Gasteiger partial charge on any atom is -0.208 e. The molecule has 1 heterocycles. The number of rotatable bonds is 5. The molecule has 4 heteroatoms. The summed E-state index contributed by atoms with van der Waals surface area (Å²) in [5, 5.41) is 9.56. The number of fused-ring (bicyclic) bond motifs is 3. The zero-order chi connectivity index (χ0) is 37.7. The van der Waals surface area contributed by atoms with E-state index in [-0.39, 0.29) is 10.8 Å². The fraction of sp³-hybridized carbons (Fsp3) is 0.333. The number of benzene rings is 5. The van der Waals surface area contributed by atoms with Gasteiger partial charge in [0, 0.05) is 22.1 Å². The maximum atomic E-state index is 9.56. The monoisotopic (exact) mass is 716 g/mol. The molecule has 272 valence electrons. The van der Waals surface area contributed by atoms with Gasteiger partial charge in [-0.05, 0) is 130 Å². The first-order valence-corrected chi connectivity index (χ1v) is 20.2. The maximum absolute atomic E-state index is 9.56. The van der Waals surface area contributed by atoms with Crippen LogP contribution in [-0.2, 0) is 16.2 Å². The minimum absolute atomic E-state index is 0.0630. The van der Waals surface area contributed by atoms with E-state index < -0.39 is 0 Å². The standard InChI is InChI=1S/C51H48N4/c1-49(2,3)40-16-11-37(12-17-40)47-53-46(54-48(55-47)38-13-18-41(19-14-38)51-27-32-22-33(28-51)24-34(23-32)29-51)36-9-7-35(8-10-36)39-15-21-44-43(26-39)42-20-6-31(30-52)25-45(42)50(44,4)5/h6-21,25-26,32-34H,22-24,27-29H2,1-5H3. The second-order valence-corrected chi connectivity index (χ2v) is 18.7. The third-order valence-electron chi connectivity index (χ3n) is 13.7. The number of nitriles is 1. The Morgan fingerprint density at radius 2 is 1.04 bits per heavy atom. The van der Waals surface area contributed by atoms with Crippen molar-refractivity contribution in [1.29, 1.82) is 5.26 Å². The van der Waals surface area contributed by atoms with Crippen LogP contribution in [-0.4, -0.2) is 15.0 Å². The van der Waals surface area contributed by atoms with E-state index in [9.17, 15) is 5.26 Å². The zero-order valence-corrected chi connectivity index (χ0v) is 32.7. The Labute approximate surface area is 325 Å². The third-order valence-corrected chi connectivity index (χ3v) is 13.7. The van der Waals surface area contributed by atoms with Gasteiger partial charge in [-0.3, -0.25) is 0 Å². The molecule has 5 aliphatic rings. The molecule has 5 aliphatic carbocycles. The first kappa shape index (κ1) is 34.1. The van der Waals surface area contributed by atoms with E-state index in [4.69, 9.17) is 15.0 Å². The molecule has 0 unspecified atom stereocenters. The normalized spacial score (nSPS) is 22.9. The van der Waals surface area contributed by atoms with Crippen LogP contribution in [0.2, 0.25) is 0 Å². The molecule has 1 aromatic heterocycles. The minimum atomic E-state index is -0.157. The van der Waals surface area contributed by atoms with Crippen molar-refractivity contribution < 1.29 is 0 Å². The smallest absolute Gasteiger partial charge is 0.164 e. The van der Waals surface area contributed by atoms with Gasteiger partial charge in [0.1, 0.15) is 0 Å². The van der Waals surface area contributed by atoms with E-state index in [1.807, 2.05) is 6.07 Å². The van der Waals surface area contributed by atoms with Gasteiger partial charge in [-0.15, -0.1) is 0 Å². The molecule has 4 bridgehead atoms. The van der Waals surface area contributed by atoms with Gasteiger partial charge < -0.3 is 0 Å². The number of hydrogen-bond donors (Lipinski definition) is 0. The van der Waals surface area contributed by atoms with Crippen molar-refractivity contribution in [2.75, 3.05) is 0 Å². The van der Waals surface area contributed by atoms with Crippen molar-refractivity contribution in [3.05, 3.63) is 137 Å². The largest absolute Gasteiger partial charge is 0.208 e. The second kappa shape index (κ2) is 12.3. The van der Waals surface area contributed by atoms with Gasteiger partial charge in [0.05, 0.1) is 11.6 Å². The van der Waals surface area contributed by atoms with Crippen molar-refractivity contribution in [2.45, 2.75) is 89.4 Å². The molecule has 4 fully saturated rings. The van der Waals surface area contributed by atoms with Crippen LogP contribution >= 0.6 is 0 Å². The molecule has 4 nitrogen and oxygen atoms in total. The van der Waals surface area contributed by atoms with Crippen molar-refractivity contribution >= 4 is 0 Å². The lowest BCUT2D eigenvalue weighted by Crippen LogP contribution is -2.48. The Balaban J connectivity index is 1.00. The van der Waals surface area contributed by atoms with E-state index in [2.05, 4.69) is 144 Å². The molecule has 0 amide bonds. The first-order chi connectivity index (χ1) is 26.5. The summed E-state index contributed by atoms with van der Waals surface area (Å²) in [5.41, 5.74) is 14.0. The van der Waals surface area contributed by atoms with Gasteiger partial charge in [0.2, 0.25) is 0 Å². The van der Waals surface area contributed by atoms with E-state index in [1.54, 1.807) is 0 Å². The van der Waals surface area contributed by atoms with Gasteiger partial charge >= 0.3 is 0 Å². The van der Waals surface area contributed by atoms with Gasteiger partial charge in [0.15, 0.2) is 17.5 Å². The van der Waals surface area contributed by atoms with Crippen LogP contribution in [0.25, 0.3) is 56.4 Å². The molecule has 0 aliphatic heterocycles. The van der Waals surface area contributed by atoms with E-state index in [1.165, 1.54) is 71.9 Å². The van der Waals surface area contributed by atoms with Gasteiger partial charge in [-0.1, -0.05) is 126 Å². The summed E-state index contributed by atoms with van der Waals surface area (Å²) in [6.07, 6.45) is 8.44. The van der Waals surface area contributed by atoms with E-state index >= 15 is 0 Å². The molecule has 0 radical (unpaired) electrons. The van der Waals surface area contributed by atoms with E-state index in [0.717, 1.165) is 45.6 Å². The van der Waals surface area contributed by atoms with Crippen molar-refractivity contribution in [3.8, 4) is 62.5 Å². The number of hydrogen-bond acceptors (Lipinski definition) is 4.